The van der Waals surface area contributed by atoms with Crippen LogP contribution in [0.3, 0.4) is 0 Å². The number of ether oxygens (including phenoxy) is 1. The Morgan fingerprint density at radius 1 is 1.00 bits per heavy atom. The van der Waals surface area contributed by atoms with Crippen molar-refractivity contribution in [1.29, 1.82) is 0 Å². The van der Waals surface area contributed by atoms with Gasteiger partial charge in [-0.05, 0) is 47.7 Å². The maximum atomic E-state index is 13.5. The van der Waals surface area contributed by atoms with Crippen LogP contribution in [0, 0.1) is 5.92 Å². The van der Waals surface area contributed by atoms with Gasteiger partial charge in [0.25, 0.3) is 5.91 Å². The third kappa shape index (κ3) is 5.89. The zero-order valence-electron chi connectivity index (χ0n) is 18.5. The van der Waals surface area contributed by atoms with E-state index in [-0.39, 0.29) is 12.3 Å². The van der Waals surface area contributed by atoms with Crippen LogP contribution in [0.5, 0.6) is 0 Å². The standard InChI is InChI=1S/C26H29Cl2NO4/c27-20-11-9-18(10-12-20)24-25(19-7-4-8-21(28)15-19)33-22(16-23(30)31)26(32)29(24)14-13-17-5-2-1-3-6-17/h4,7-12,15,17,22,24-25H,1-3,5-6,13-14,16H2,(H,30,31)/t22-,24+,25+/m0/s1. The lowest BCUT2D eigenvalue weighted by Crippen LogP contribution is -2.51. The van der Waals surface area contributed by atoms with Crippen molar-refractivity contribution in [3.8, 4) is 0 Å². The molecule has 0 aromatic heterocycles. The summed E-state index contributed by atoms with van der Waals surface area (Å²) in [5, 5.41) is 10.6. The molecule has 1 aliphatic heterocycles. The molecule has 2 aliphatic rings. The molecule has 7 heteroatoms. The first kappa shape index (κ1) is 24.1. The van der Waals surface area contributed by atoms with Crippen molar-refractivity contribution in [3.63, 3.8) is 0 Å². The van der Waals surface area contributed by atoms with Gasteiger partial charge in [-0.15, -0.1) is 0 Å². The zero-order valence-corrected chi connectivity index (χ0v) is 20.0. The molecular weight excluding hydrogens is 461 g/mol. The number of rotatable bonds is 7. The van der Waals surface area contributed by atoms with Gasteiger partial charge < -0.3 is 14.7 Å². The minimum absolute atomic E-state index is 0.272. The van der Waals surface area contributed by atoms with Crippen molar-refractivity contribution in [3.05, 3.63) is 69.7 Å². The third-order valence-electron chi connectivity index (χ3n) is 6.74. The number of carboxylic acids is 1. The molecule has 3 atom stereocenters. The van der Waals surface area contributed by atoms with Gasteiger partial charge >= 0.3 is 5.97 Å². The number of halogens is 2. The van der Waals surface area contributed by atoms with Crippen LogP contribution in [-0.2, 0) is 14.3 Å². The van der Waals surface area contributed by atoms with E-state index in [1.54, 1.807) is 18.2 Å². The lowest BCUT2D eigenvalue weighted by molar-refractivity contribution is -0.179. The number of carbonyl (C=O) groups is 2. The minimum Gasteiger partial charge on any atom is -0.481 e. The Morgan fingerprint density at radius 2 is 1.73 bits per heavy atom. The predicted molar refractivity (Wildman–Crippen MR) is 128 cm³/mol. The summed E-state index contributed by atoms with van der Waals surface area (Å²) in [7, 11) is 0. The molecule has 0 spiro atoms. The number of hydrogen-bond acceptors (Lipinski definition) is 3. The van der Waals surface area contributed by atoms with Gasteiger partial charge in [0.05, 0.1) is 12.5 Å². The number of benzene rings is 2. The van der Waals surface area contributed by atoms with Gasteiger partial charge in [0.1, 0.15) is 12.2 Å². The van der Waals surface area contributed by atoms with Crippen LogP contribution in [0.25, 0.3) is 0 Å². The molecule has 2 fully saturated rings. The molecule has 0 bridgehead atoms. The molecule has 1 saturated heterocycles. The molecule has 2 aromatic carbocycles. The third-order valence-corrected chi connectivity index (χ3v) is 7.23. The van der Waals surface area contributed by atoms with Crippen molar-refractivity contribution in [2.75, 3.05) is 6.54 Å². The molecule has 4 rings (SSSR count). The Bertz CT molecular complexity index is 975. The summed E-state index contributed by atoms with van der Waals surface area (Å²) in [5.74, 6) is -0.746. The van der Waals surface area contributed by atoms with E-state index in [2.05, 4.69) is 0 Å². The minimum atomic E-state index is -1.06. The summed E-state index contributed by atoms with van der Waals surface area (Å²) in [6.45, 7) is 0.563. The zero-order chi connectivity index (χ0) is 23.4. The number of carboxylic acid groups (broad SMARTS) is 1. The number of hydrogen-bond donors (Lipinski definition) is 1. The highest BCUT2D eigenvalue weighted by Gasteiger charge is 2.44. The summed E-state index contributed by atoms with van der Waals surface area (Å²) in [6, 6.07) is 14.4. The van der Waals surface area contributed by atoms with E-state index in [0.717, 1.165) is 17.5 Å². The summed E-state index contributed by atoms with van der Waals surface area (Å²) in [6.07, 6.45) is 5.05. The quantitative estimate of drug-likeness (QED) is 0.485. The molecule has 1 aliphatic carbocycles. The second-order valence-electron chi connectivity index (χ2n) is 9.02. The number of amides is 1. The first-order valence-corrected chi connectivity index (χ1v) is 12.4. The predicted octanol–water partition coefficient (Wildman–Crippen LogP) is 6.45. The maximum Gasteiger partial charge on any atom is 0.306 e. The SMILES string of the molecule is O=C(O)C[C@@H]1O[C@H](c2cccc(Cl)c2)[C@@H](c2ccc(Cl)cc2)N(CCC2CCCCC2)C1=O. The van der Waals surface area contributed by atoms with Crippen LogP contribution in [0.4, 0.5) is 0 Å². The Balaban J connectivity index is 1.72. The van der Waals surface area contributed by atoms with E-state index in [1.165, 1.54) is 32.1 Å². The Kier molecular flexibility index (Phi) is 7.94. The second kappa shape index (κ2) is 10.9. The monoisotopic (exact) mass is 489 g/mol. The average molecular weight is 490 g/mol. The van der Waals surface area contributed by atoms with Crippen LogP contribution in [0.15, 0.2) is 48.5 Å². The number of morpholine rings is 1. The summed E-state index contributed by atoms with van der Waals surface area (Å²) in [5.41, 5.74) is 1.71. The highest BCUT2D eigenvalue weighted by atomic mass is 35.5. The Labute approximate surface area is 204 Å². The van der Waals surface area contributed by atoms with Crippen LogP contribution in [0.1, 0.15) is 68.2 Å². The maximum absolute atomic E-state index is 13.5. The molecule has 176 valence electrons. The first-order chi connectivity index (χ1) is 15.9. The fourth-order valence-electron chi connectivity index (χ4n) is 5.09. The fourth-order valence-corrected chi connectivity index (χ4v) is 5.42. The molecule has 33 heavy (non-hydrogen) atoms. The highest BCUT2D eigenvalue weighted by Crippen LogP contribution is 2.43. The van der Waals surface area contributed by atoms with Crippen LogP contribution in [0.2, 0.25) is 10.0 Å². The Hall–Kier alpha value is -2.08. The lowest BCUT2D eigenvalue weighted by Gasteiger charge is -2.45. The molecule has 0 radical (unpaired) electrons. The van der Waals surface area contributed by atoms with Gasteiger partial charge in [0.2, 0.25) is 0 Å². The van der Waals surface area contributed by atoms with Crippen LogP contribution < -0.4 is 0 Å². The van der Waals surface area contributed by atoms with E-state index in [4.69, 9.17) is 27.9 Å². The first-order valence-electron chi connectivity index (χ1n) is 11.6. The summed E-state index contributed by atoms with van der Waals surface area (Å²) < 4.78 is 6.21. The van der Waals surface area contributed by atoms with Gasteiger partial charge in [-0.1, -0.05) is 79.6 Å². The molecule has 1 saturated carbocycles. The Morgan fingerprint density at radius 3 is 2.39 bits per heavy atom. The molecule has 1 heterocycles. The van der Waals surface area contributed by atoms with Crippen molar-refractivity contribution < 1.29 is 19.4 Å². The molecule has 1 N–H and O–H groups in total. The second-order valence-corrected chi connectivity index (χ2v) is 9.89. The van der Waals surface area contributed by atoms with E-state index in [1.807, 2.05) is 35.2 Å². The van der Waals surface area contributed by atoms with E-state index < -0.39 is 24.2 Å². The van der Waals surface area contributed by atoms with Crippen molar-refractivity contribution >= 4 is 35.1 Å². The molecular formula is C26H29Cl2NO4. The van der Waals surface area contributed by atoms with Crippen molar-refractivity contribution in [2.45, 2.75) is 63.2 Å². The van der Waals surface area contributed by atoms with E-state index in [0.29, 0.717) is 22.5 Å². The van der Waals surface area contributed by atoms with Gasteiger partial charge in [-0.25, -0.2) is 0 Å². The number of nitrogens with zero attached hydrogens (tertiary/aromatic N) is 1. The summed E-state index contributed by atoms with van der Waals surface area (Å²) in [4.78, 5) is 26.9. The van der Waals surface area contributed by atoms with Gasteiger partial charge in [0, 0.05) is 16.6 Å². The van der Waals surface area contributed by atoms with E-state index in [9.17, 15) is 14.7 Å². The largest absolute Gasteiger partial charge is 0.481 e. The topological polar surface area (TPSA) is 66.8 Å². The highest BCUT2D eigenvalue weighted by molar-refractivity contribution is 6.30. The molecule has 0 unspecified atom stereocenters. The van der Waals surface area contributed by atoms with Gasteiger partial charge in [0.15, 0.2) is 0 Å². The van der Waals surface area contributed by atoms with Gasteiger partial charge in [-0.2, -0.15) is 0 Å². The smallest absolute Gasteiger partial charge is 0.306 e. The van der Waals surface area contributed by atoms with Crippen LogP contribution >= 0.6 is 23.2 Å². The fraction of sp³-hybridized carbons (Fsp3) is 0.462. The number of aliphatic carboxylic acids is 1. The van der Waals surface area contributed by atoms with Crippen LogP contribution in [-0.4, -0.2) is 34.5 Å². The van der Waals surface area contributed by atoms with Gasteiger partial charge in [-0.3, -0.25) is 9.59 Å². The van der Waals surface area contributed by atoms with Crippen molar-refractivity contribution in [2.24, 2.45) is 5.92 Å². The normalized spacial score (nSPS) is 24.1. The summed E-state index contributed by atoms with van der Waals surface area (Å²) >= 11 is 12.4. The molecule has 2 aromatic rings. The van der Waals surface area contributed by atoms with E-state index >= 15 is 0 Å². The van der Waals surface area contributed by atoms with Crippen molar-refractivity contribution in [1.82, 2.24) is 4.90 Å². The lowest BCUT2D eigenvalue weighted by atomic mass is 9.86. The molecule has 5 nitrogen and oxygen atoms in total. The molecule has 1 amide bonds. The average Bonchev–Trinajstić information content (AvgIpc) is 2.80. The number of carbonyl (C=O) groups excluding carboxylic acids is 1.